The second-order valence-corrected chi connectivity index (χ2v) is 7.79. The molecule has 0 radical (unpaired) electrons. The molecule has 0 atom stereocenters. The first-order chi connectivity index (χ1) is 16.2. The number of methoxy groups -OCH3 is 3. The van der Waals surface area contributed by atoms with E-state index in [1.165, 1.54) is 11.3 Å². The summed E-state index contributed by atoms with van der Waals surface area (Å²) >= 11 is 1.52. The number of ether oxygens (including phenoxy) is 3. The van der Waals surface area contributed by atoms with Gasteiger partial charge in [-0.25, -0.2) is 4.68 Å². The second-order valence-electron chi connectivity index (χ2n) is 6.96. The molecule has 33 heavy (non-hydrogen) atoms. The minimum absolute atomic E-state index is 0.541. The van der Waals surface area contributed by atoms with Crippen molar-refractivity contribution in [3.8, 4) is 28.5 Å². The number of thiazole rings is 1. The molecule has 2 aromatic heterocycles. The van der Waals surface area contributed by atoms with Crippen LogP contribution in [-0.4, -0.2) is 37.2 Å². The van der Waals surface area contributed by atoms with Gasteiger partial charge in [-0.3, -0.25) is 9.98 Å². The molecule has 0 saturated heterocycles. The van der Waals surface area contributed by atoms with Crippen LogP contribution in [0.25, 0.3) is 11.3 Å². The van der Waals surface area contributed by atoms with Crippen molar-refractivity contribution in [2.24, 2.45) is 10.1 Å². The summed E-state index contributed by atoms with van der Waals surface area (Å²) in [5.74, 6) is 1.69. The summed E-state index contributed by atoms with van der Waals surface area (Å²) in [7, 11) is 4.79. The van der Waals surface area contributed by atoms with Gasteiger partial charge in [0, 0.05) is 23.3 Å². The third kappa shape index (κ3) is 5.12. The molecule has 0 N–H and O–H groups in total. The summed E-state index contributed by atoms with van der Waals surface area (Å²) in [6.45, 7) is 0.556. The average Bonchev–Trinajstić information content (AvgIpc) is 3.29. The van der Waals surface area contributed by atoms with Crippen LogP contribution in [0.1, 0.15) is 11.1 Å². The summed E-state index contributed by atoms with van der Waals surface area (Å²) in [5.41, 5.74) is 3.80. The second kappa shape index (κ2) is 10.6. The van der Waals surface area contributed by atoms with Crippen LogP contribution in [0.2, 0.25) is 0 Å². The van der Waals surface area contributed by atoms with Crippen molar-refractivity contribution >= 4 is 17.6 Å². The van der Waals surface area contributed by atoms with E-state index in [1.807, 2.05) is 52.5 Å². The third-order valence-electron chi connectivity index (χ3n) is 4.91. The molecular formula is C25H24N4O3S. The first-order valence-electron chi connectivity index (χ1n) is 10.2. The molecule has 0 aliphatic heterocycles. The van der Waals surface area contributed by atoms with Crippen molar-refractivity contribution in [2.45, 2.75) is 6.54 Å². The predicted octanol–water partition coefficient (Wildman–Crippen LogP) is 4.62. The maximum atomic E-state index is 5.54. The van der Waals surface area contributed by atoms with Crippen molar-refractivity contribution in [3.63, 3.8) is 0 Å². The van der Waals surface area contributed by atoms with Crippen LogP contribution in [0.3, 0.4) is 0 Å². The Labute approximate surface area is 196 Å². The Morgan fingerprint density at radius 1 is 0.939 bits per heavy atom. The van der Waals surface area contributed by atoms with E-state index in [-0.39, 0.29) is 0 Å². The Kier molecular flexibility index (Phi) is 7.16. The lowest BCUT2D eigenvalue weighted by molar-refractivity contribution is 0.324. The van der Waals surface area contributed by atoms with Gasteiger partial charge in [0.2, 0.25) is 10.6 Å². The Bertz CT molecular complexity index is 1270. The number of rotatable bonds is 8. The lowest BCUT2D eigenvalue weighted by Gasteiger charge is -2.14. The molecule has 4 rings (SSSR count). The van der Waals surface area contributed by atoms with Gasteiger partial charge in [0.05, 0.1) is 39.8 Å². The minimum Gasteiger partial charge on any atom is -0.493 e. The Morgan fingerprint density at radius 2 is 1.64 bits per heavy atom. The molecule has 0 aliphatic rings. The smallest absolute Gasteiger partial charge is 0.206 e. The molecule has 2 aromatic carbocycles. The Morgan fingerprint density at radius 3 is 2.27 bits per heavy atom. The zero-order valence-electron chi connectivity index (χ0n) is 18.6. The third-order valence-corrected chi connectivity index (χ3v) is 5.77. The Hall–Kier alpha value is -3.91. The van der Waals surface area contributed by atoms with E-state index in [4.69, 9.17) is 24.3 Å². The lowest BCUT2D eigenvalue weighted by Crippen LogP contribution is -2.12. The fraction of sp³-hybridized carbons (Fsp3) is 0.160. The monoisotopic (exact) mass is 460 g/mol. The molecule has 0 fully saturated rings. The highest BCUT2D eigenvalue weighted by Gasteiger charge is 2.17. The first kappa shape index (κ1) is 22.3. The largest absolute Gasteiger partial charge is 0.493 e. The van der Waals surface area contributed by atoms with Gasteiger partial charge in [-0.2, -0.15) is 5.10 Å². The normalized spacial score (nSPS) is 11.7. The van der Waals surface area contributed by atoms with Crippen molar-refractivity contribution in [1.82, 2.24) is 9.66 Å². The standard InChI is InChI=1S/C25H24N4O3S/c1-30-22-13-20(14-23(31-2)24(22)32-3)21-17-33-25(27-15-18-7-5-4-6-8-18)29(21)28-16-19-9-11-26-12-10-19/h4-14,16-17H,15H2,1-3H3. The van der Waals surface area contributed by atoms with Gasteiger partial charge in [-0.1, -0.05) is 30.3 Å². The van der Waals surface area contributed by atoms with E-state index < -0.39 is 0 Å². The molecular weight excluding hydrogens is 436 g/mol. The summed E-state index contributed by atoms with van der Waals surface area (Å²) in [6, 6.07) is 17.7. The van der Waals surface area contributed by atoms with Gasteiger partial charge < -0.3 is 14.2 Å². The van der Waals surface area contributed by atoms with Crippen molar-refractivity contribution in [1.29, 1.82) is 0 Å². The maximum absolute atomic E-state index is 5.54. The topological polar surface area (TPSA) is 70.2 Å². The summed E-state index contributed by atoms with van der Waals surface area (Å²) < 4.78 is 18.4. The minimum atomic E-state index is 0.541. The predicted molar refractivity (Wildman–Crippen MR) is 130 cm³/mol. The zero-order valence-corrected chi connectivity index (χ0v) is 19.5. The SMILES string of the molecule is COc1cc(-c2csc(=NCc3ccccc3)n2N=Cc2ccncc2)cc(OC)c1OC. The van der Waals surface area contributed by atoms with Crippen LogP contribution in [0, 0.1) is 0 Å². The quantitative estimate of drug-likeness (QED) is 0.360. The molecule has 0 amide bonds. The number of pyridine rings is 1. The molecule has 0 saturated carbocycles. The molecule has 8 heteroatoms. The first-order valence-corrected chi connectivity index (χ1v) is 11.1. The van der Waals surface area contributed by atoms with E-state index in [2.05, 4.69) is 17.1 Å². The van der Waals surface area contributed by atoms with E-state index in [0.29, 0.717) is 23.8 Å². The fourth-order valence-electron chi connectivity index (χ4n) is 3.26. The van der Waals surface area contributed by atoms with Gasteiger partial charge in [-0.05, 0) is 35.4 Å². The molecule has 4 aromatic rings. The van der Waals surface area contributed by atoms with E-state index in [1.54, 1.807) is 39.9 Å². The fourth-order valence-corrected chi connectivity index (χ4v) is 4.10. The van der Waals surface area contributed by atoms with Crippen LogP contribution in [-0.2, 0) is 6.54 Å². The lowest BCUT2D eigenvalue weighted by atomic mass is 10.1. The van der Waals surface area contributed by atoms with E-state index >= 15 is 0 Å². The van der Waals surface area contributed by atoms with E-state index in [0.717, 1.165) is 27.2 Å². The van der Waals surface area contributed by atoms with Gasteiger partial charge in [0.15, 0.2) is 11.5 Å². The number of hydrogen-bond donors (Lipinski definition) is 0. The van der Waals surface area contributed by atoms with Crippen LogP contribution in [0.5, 0.6) is 17.2 Å². The number of aromatic nitrogens is 2. The van der Waals surface area contributed by atoms with Crippen molar-refractivity contribution in [3.05, 3.63) is 88.3 Å². The molecule has 0 bridgehead atoms. The Balaban J connectivity index is 1.83. The van der Waals surface area contributed by atoms with Gasteiger partial charge in [0.1, 0.15) is 0 Å². The molecule has 0 aliphatic carbocycles. The van der Waals surface area contributed by atoms with Gasteiger partial charge in [0.25, 0.3) is 0 Å². The van der Waals surface area contributed by atoms with Crippen LogP contribution in [0.15, 0.2) is 82.5 Å². The average molecular weight is 461 g/mol. The van der Waals surface area contributed by atoms with Crippen LogP contribution in [0.4, 0.5) is 0 Å². The number of benzene rings is 2. The van der Waals surface area contributed by atoms with Gasteiger partial charge >= 0.3 is 0 Å². The molecule has 0 unspecified atom stereocenters. The highest BCUT2D eigenvalue weighted by molar-refractivity contribution is 7.07. The number of nitrogens with zero attached hydrogens (tertiary/aromatic N) is 4. The van der Waals surface area contributed by atoms with Gasteiger partial charge in [-0.15, -0.1) is 11.3 Å². The van der Waals surface area contributed by atoms with E-state index in [9.17, 15) is 0 Å². The zero-order chi connectivity index (χ0) is 23.0. The highest BCUT2D eigenvalue weighted by atomic mass is 32.1. The molecule has 168 valence electrons. The number of hydrogen-bond acceptors (Lipinski definition) is 7. The summed E-state index contributed by atoms with van der Waals surface area (Å²) in [4.78, 5) is 9.66. The van der Waals surface area contributed by atoms with Crippen LogP contribution < -0.4 is 19.0 Å². The maximum Gasteiger partial charge on any atom is 0.206 e. The molecule has 0 spiro atoms. The molecule has 2 heterocycles. The highest BCUT2D eigenvalue weighted by Crippen LogP contribution is 2.41. The van der Waals surface area contributed by atoms with Crippen molar-refractivity contribution < 1.29 is 14.2 Å². The summed E-state index contributed by atoms with van der Waals surface area (Å²) in [5, 5.41) is 6.77. The van der Waals surface area contributed by atoms with Crippen LogP contribution >= 0.6 is 11.3 Å². The van der Waals surface area contributed by atoms with Crippen molar-refractivity contribution in [2.75, 3.05) is 21.3 Å². The summed E-state index contributed by atoms with van der Waals surface area (Å²) in [6.07, 6.45) is 5.26. The molecule has 7 nitrogen and oxygen atoms in total.